The predicted molar refractivity (Wildman–Crippen MR) is 75.8 cm³/mol. The van der Waals surface area contributed by atoms with Crippen LogP contribution >= 0.6 is 23.2 Å². The monoisotopic (exact) mass is 301 g/mol. The number of hydrogen-bond acceptors (Lipinski definition) is 3. The van der Waals surface area contributed by atoms with Gasteiger partial charge >= 0.3 is 0 Å². The maximum absolute atomic E-state index is 9.50. The van der Waals surface area contributed by atoms with Gasteiger partial charge in [-0.05, 0) is 29.7 Å². The summed E-state index contributed by atoms with van der Waals surface area (Å²) in [5.74, 6) is 0. The number of hydrogen-bond donors (Lipinski definition) is 1. The first-order valence-corrected chi connectivity index (χ1v) is 7.25. The summed E-state index contributed by atoms with van der Waals surface area (Å²) in [5.41, 5.74) is 2.35. The highest BCUT2D eigenvalue weighted by molar-refractivity contribution is 6.35. The minimum absolute atomic E-state index is 0.0696. The van der Waals surface area contributed by atoms with E-state index in [1.54, 1.807) is 0 Å². The summed E-state index contributed by atoms with van der Waals surface area (Å²) < 4.78 is 5.25. The van der Waals surface area contributed by atoms with E-state index in [0.717, 1.165) is 31.1 Å². The molecule has 0 unspecified atom stereocenters. The molecule has 0 amide bonds. The molecule has 2 aliphatic rings. The van der Waals surface area contributed by atoms with E-state index in [2.05, 4.69) is 4.90 Å². The Bertz CT molecular complexity index is 483. The molecule has 19 heavy (non-hydrogen) atoms. The first-order chi connectivity index (χ1) is 9.12. The van der Waals surface area contributed by atoms with Gasteiger partial charge in [-0.25, -0.2) is 0 Å². The first kappa shape index (κ1) is 13.7. The van der Waals surface area contributed by atoms with Gasteiger partial charge in [0, 0.05) is 29.7 Å². The van der Waals surface area contributed by atoms with Crippen molar-refractivity contribution >= 4 is 23.2 Å². The van der Waals surface area contributed by atoms with Crippen LogP contribution in [0.15, 0.2) is 12.1 Å². The second-order valence-electron chi connectivity index (χ2n) is 5.64. The Labute approximate surface area is 123 Å². The normalized spacial score (nSPS) is 21.8. The van der Waals surface area contributed by atoms with E-state index in [1.165, 1.54) is 11.1 Å². The standard InChI is InChI=1S/C14H17Cl2NO2/c15-11-3-10-5-17(2-1-12(10)13(16)4-11)6-14(7-18)8-19-9-14/h3-4,18H,1-2,5-9H2. The van der Waals surface area contributed by atoms with E-state index in [4.69, 9.17) is 27.9 Å². The molecule has 2 heterocycles. The molecule has 2 aliphatic heterocycles. The lowest BCUT2D eigenvalue weighted by molar-refractivity contribution is -0.149. The van der Waals surface area contributed by atoms with Crippen LogP contribution in [0.3, 0.4) is 0 Å². The minimum atomic E-state index is -0.0696. The van der Waals surface area contributed by atoms with Crippen molar-refractivity contribution in [2.45, 2.75) is 13.0 Å². The fourth-order valence-electron chi connectivity index (χ4n) is 2.90. The molecule has 104 valence electrons. The van der Waals surface area contributed by atoms with E-state index in [0.29, 0.717) is 18.2 Å². The quantitative estimate of drug-likeness (QED) is 0.930. The maximum atomic E-state index is 9.50. The Morgan fingerprint density at radius 3 is 2.74 bits per heavy atom. The van der Waals surface area contributed by atoms with Crippen LogP contribution in [0.25, 0.3) is 0 Å². The van der Waals surface area contributed by atoms with Gasteiger partial charge in [-0.1, -0.05) is 23.2 Å². The third-order valence-corrected chi connectivity index (χ3v) is 4.59. The van der Waals surface area contributed by atoms with Gasteiger partial charge in [0.15, 0.2) is 0 Å². The molecule has 0 radical (unpaired) electrons. The lowest BCUT2D eigenvalue weighted by Gasteiger charge is -2.44. The summed E-state index contributed by atoms with van der Waals surface area (Å²) in [6, 6.07) is 3.81. The predicted octanol–water partition coefficient (Wildman–Crippen LogP) is 2.36. The first-order valence-electron chi connectivity index (χ1n) is 6.50. The van der Waals surface area contributed by atoms with Crippen LogP contribution in [-0.2, 0) is 17.7 Å². The summed E-state index contributed by atoms with van der Waals surface area (Å²) in [6.45, 7) is 4.18. The van der Waals surface area contributed by atoms with Crippen LogP contribution < -0.4 is 0 Å². The highest BCUT2D eigenvalue weighted by Crippen LogP contribution is 2.33. The zero-order valence-corrected chi connectivity index (χ0v) is 12.2. The van der Waals surface area contributed by atoms with Crippen molar-refractivity contribution in [3.8, 4) is 0 Å². The lowest BCUT2D eigenvalue weighted by Crippen LogP contribution is -2.53. The van der Waals surface area contributed by atoms with Crippen LogP contribution in [0.2, 0.25) is 10.0 Å². The Hall–Kier alpha value is -0.320. The average Bonchev–Trinajstić information content (AvgIpc) is 2.33. The number of halogens is 2. The van der Waals surface area contributed by atoms with Gasteiger partial charge in [0.25, 0.3) is 0 Å². The number of aliphatic hydroxyl groups excluding tert-OH is 1. The number of aliphatic hydroxyl groups is 1. The number of ether oxygens (including phenoxy) is 1. The molecule has 1 fully saturated rings. The van der Waals surface area contributed by atoms with Crippen LogP contribution in [0.1, 0.15) is 11.1 Å². The number of rotatable bonds is 3. The van der Waals surface area contributed by atoms with Gasteiger partial charge in [-0.3, -0.25) is 4.90 Å². The van der Waals surface area contributed by atoms with E-state index in [1.807, 2.05) is 12.1 Å². The molecule has 1 N–H and O–H groups in total. The fourth-order valence-corrected chi connectivity index (χ4v) is 3.53. The van der Waals surface area contributed by atoms with Gasteiger partial charge in [0.1, 0.15) is 0 Å². The SMILES string of the molecule is OCC1(CN2CCc3c(Cl)cc(Cl)cc3C2)COC1. The molecular formula is C14H17Cl2NO2. The van der Waals surface area contributed by atoms with E-state index >= 15 is 0 Å². The molecule has 3 nitrogen and oxygen atoms in total. The fraction of sp³-hybridized carbons (Fsp3) is 0.571. The van der Waals surface area contributed by atoms with Gasteiger partial charge < -0.3 is 9.84 Å². The highest BCUT2D eigenvalue weighted by Gasteiger charge is 2.40. The third-order valence-electron chi connectivity index (χ3n) is 4.04. The molecule has 0 spiro atoms. The molecule has 0 aromatic heterocycles. The van der Waals surface area contributed by atoms with Gasteiger partial charge in [-0.15, -0.1) is 0 Å². The third kappa shape index (κ3) is 2.63. The molecule has 0 atom stereocenters. The van der Waals surface area contributed by atoms with Crippen LogP contribution in [0.4, 0.5) is 0 Å². The van der Waals surface area contributed by atoms with Crippen molar-refractivity contribution in [2.75, 3.05) is 32.9 Å². The van der Waals surface area contributed by atoms with Crippen molar-refractivity contribution < 1.29 is 9.84 Å². The van der Waals surface area contributed by atoms with E-state index in [9.17, 15) is 5.11 Å². The van der Waals surface area contributed by atoms with Crippen molar-refractivity contribution in [1.29, 1.82) is 0 Å². The molecule has 0 aliphatic carbocycles. The Kier molecular flexibility index (Phi) is 3.76. The zero-order valence-electron chi connectivity index (χ0n) is 10.7. The lowest BCUT2D eigenvalue weighted by atomic mass is 9.85. The molecular weight excluding hydrogens is 285 g/mol. The van der Waals surface area contributed by atoms with Crippen molar-refractivity contribution in [3.63, 3.8) is 0 Å². The van der Waals surface area contributed by atoms with Crippen molar-refractivity contribution in [2.24, 2.45) is 5.41 Å². The largest absolute Gasteiger partial charge is 0.396 e. The molecule has 1 aromatic rings. The highest BCUT2D eigenvalue weighted by atomic mass is 35.5. The second-order valence-corrected chi connectivity index (χ2v) is 6.48. The Morgan fingerprint density at radius 2 is 2.11 bits per heavy atom. The summed E-state index contributed by atoms with van der Waals surface area (Å²) in [7, 11) is 0. The molecule has 0 saturated carbocycles. The number of fused-ring (bicyclic) bond motifs is 1. The van der Waals surface area contributed by atoms with Gasteiger partial charge in [0.05, 0.1) is 25.2 Å². The summed E-state index contributed by atoms with van der Waals surface area (Å²) >= 11 is 12.3. The summed E-state index contributed by atoms with van der Waals surface area (Å²) in [4.78, 5) is 2.35. The smallest absolute Gasteiger partial charge is 0.0579 e. The number of nitrogens with zero attached hydrogens (tertiary/aromatic N) is 1. The van der Waals surface area contributed by atoms with E-state index in [-0.39, 0.29) is 12.0 Å². The van der Waals surface area contributed by atoms with Crippen molar-refractivity contribution in [1.82, 2.24) is 4.90 Å². The zero-order chi connectivity index (χ0) is 13.5. The second kappa shape index (κ2) is 5.23. The Morgan fingerprint density at radius 1 is 1.32 bits per heavy atom. The molecule has 1 aromatic carbocycles. The van der Waals surface area contributed by atoms with Crippen LogP contribution in [0.5, 0.6) is 0 Å². The Balaban J connectivity index is 1.75. The van der Waals surface area contributed by atoms with Gasteiger partial charge in [0.2, 0.25) is 0 Å². The number of benzene rings is 1. The summed E-state index contributed by atoms with van der Waals surface area (Å²) in [6.07, 6.45) is 0.938. The van der Waals surface area contributed by atoms with Crippen LogP contribution in [-0.4, -0.2) is 42.9 Å². The van der Waals surface area contributed by atoms with E-state index < -0.39 is 0 Å². The van der Waals surface area contributed by atoms with Crippen LogP contribution in [0, 0.1) is 5.41 Å². The molecule has 0 bridgehead atoms. The minimum Gasteiger partial charge on any atom is -0.396 e. The maximum Gasteiger partial charge on any atom is 0.0579 e. The molecule has 5 heteroatoms. The topological polar surface area (TPSA) is 32.7 Å². The van der Waals surface area contributed by atoms with Gasteiger partial charge in [-0.2, -0.15) is 0 Å². The summed E-state index contributed by atoms with van der Waals surface area (Å²) in [5, 5.41) is 11.0. The average molecular weight is 302 g/mol. The van der Waals surface area contributed by atoms with Crippen molar-refractivity contribution in [3.05, 3.63) is 33.3 Å². The molecule has 1 saturated heterocycles. The molecule has 3 rings (SSSR count).